The van der Waals surface area contributed by atoms with E-state index in [1.54, 1.807) is 6.92 Å². The third-order valence-corrected chi connectivity index (χ3v) is 5.60. The second kappa shape index (κ2) is 8.29. The van der Waals surface area contributed by atoms with E-state index in [2.05, 4.69) is 10.0 Å². The summed E-state index contributed by atoms with van der Waals surface area (Å²) in [7, 11) is -3.91. The molecule has 0 aliphatic carbocycles. The molecule has 0 aliphatic rings. The number of anilines is 2. The zero-order valence-electron chi connectivity index (χ0n) is 15.6. The largest absolute Gasteiger partial charge is 0.321 e. The number of nitro groups is 1. The first-order chi connectivity index (χ1) is 14.2. The molecule has 3 rings (SSSR count). The fraction of sp³-hybridized carbons (Fsp3) is 0.0500. The summed E-state index contributed by atoms with van der Waals surface area (Å²) in [6.07, 6.45) is 0. The molecule has 8 nitrogen and oxygen atoms in total. The zero-order valence-corrected chi connectivity index (χ0v) is 16.4. The van der Waals surface area contributed by atoms with Crippen molar-refractivity contribution in [3.05, 3.63) is 93.8 Å². The summed E-state index contributed by atoms with van der Waals surface area (Å²) in [6.45, 7) is 1.70. The van der Waals surface area contributed by atoms with Crippen molar-refractivity contribution in [1.29, 1.82) is 0 Å². The highest BCUT2D eigenvalue weighted by Gasteiger charge is 2.15. The van der Waals surface area contributed by atoms with Crippen LogP contribution in [0.4, 0.5) is 21.5 Å². The number of nitrogens with one attached hydrogen (secondary N) is 2. The Bertz CT molecular complexity index is 1210. The van der Waals surface area contributed by atoms with E-state index in [1.807, 2.05) is 0 Å². The number of halogens is 1. The van der Waals surface area contributed by atoms with E-state index in [0.29, 0.717) is 11.3 Å². The standard InChI is InChI=1S/C20H16FN3O5S/c1-13-2-9-17(24(26)27)12-19(13)22-20(25)14-3-7-16(8-4-14)23-30(28,29)18-10-5-15(21)6-11-18/h2-12,23H,1H3,(H,22,25). The lowest BCUT2D eigenvalue weighted by molar-refractivity contribution is -0.384. The summed E-state index contributed by atoms with van der Waals surface area (Å²) >= 11 is 0. The molecule has 0 heterocycles. The van der Waals surface area contributed by atoms with E-state index in [0.717, 1.165) is 24.3 Å². The van der Waals surface area contributed by atoms with Crippen molar-refractivity contribution in [3.8, 4) is 0 Å². The Hall–Kier alpha value is -3.79. The van der Waals surface area contributed by atoms with Crippen LogP contribution in [0.25, 0.3) is 0 Å². The molecule has 0 unspecified atom stereocenters. The van der Waals surface area contributed by atoms with Crippen LogP contribution in [-0.4, -0.2) is 19.2 Å². The van der Waals surface area contributed by atoms with Crippen LogP contribution in [0, 0.1) is 22.9 Å². The Morgan fingerprint density at radius 3 is 2.23 bits per heavy atom. The first-order valence-corrected chi connectivity index (χ1v) is 10.1. The summed E-state index contributed by atoms with van der Waals surface area (Å²) in [6, 6.07) is 14.1. The molecular formula is C20H16FN3O5S. The average Bonchev–Trinajstić information content (AvgIpc) is 2.70. The average molecular weight is 429 g/mol. The molecule has 2 N–H and O–H groups in total. The third-order valence-electron chi connectivity index (χ3n) is 4.20. The van der Waals surface area contributed by atoms with Crippen molar-refractivity contribution in [1.82, 2.24) is 0 Å². The number of amides is 1. The molecule has 3 aromatic carbocycles. The number of hydrogen-bond acceptors (Lipinski definition) is 5. The molecule has 0 spiro atoms. The Morgan fingerprint density at radius 1 is 1.00 bits per heavy atom. The van der Waals surface area contributed by atoms with Crippen LogP contribution < -0.4 is 10.0 Å². The van der Waals surface area contributed by atoms with Gasteiger partial charge >= 0.3 is 0 Å². The smallest absolute Gasteiger partial charge is 0.271 e. The molecule has 0 fully saturated rings. The second-order valence-corrected chi connectivity index (χ2v) is 8.03. The number of hydrogen-bond donors (Lipinski definition) is 2. The van der Waals surface area contributed by atoms with Gasteiger partial charge in [-0.05, 0) is 61.0 Å². The molecular weight excluding hydrogens is 413 g/mol. The molecule has 0 radical (unpaired) electrons. The van der Waals surface area contributed by atoms with E-state index in [9.17, 15) is 27.7 Å². The van der Waals surface area contributed by atoms with Gasteiger partial charge in [-0.3, -0.25) is 19.6 Å². The van der Waals surface area contributed by atoms with Crippen molar-refractivity contribution in [3.63, 3.8) is 0 Å². The molecule has 0 aromatic heterocycles. The Morgan fingerprint density at radius 2 is 1.63 bits per heavy atom. The highest BCUT2D eigenvalue weighted by atomic mass is 32.2. The Balaban J connectivity index is 1.74. The van der Waals surface area contributed by atoms with Crippen molar-refractivity contribution in [2.75, 3.05) is 10.0 Å². The van der Waals surface area contributed by atoms with Crippen LogP contribution >= 0.6 is 0 Å². The molecule has 154 valence electrons. The highest BCUT2D eigenvalue weighted by molar-refractivity contribution is 7.92. The number of carbonyl (C=O) groups excluding carboxylic acids is 1. The van der Waals surface area contributed by atoms with Gasteiger partial charge in [-0.1, -0.05) is 6.07 Å². The molecule has 0 atom stereocenters. The minimum absolute atomic E-state index is 0.105. The SMILES string of the molecule is Cc1ccc([N+](=O)[O-])cc1NC(=O)c1ccc(NS(=O)(=O)c2ccc(F)cc2)cc1. The molecule has 0 saturated carbocycles. The Labute approximate surface area is 171 Å². The first kappa shape index (κ1) is 20.9. The van der Waals surface area contributed by atoms with E-state index in [-0.39, 0.29) is 21.8 Å². The fourth-order valence-electron chi connectivity index (χ4n) is 2.57. The van der Waals surface area contributed by atoms with Gasteiger partial charge in [0, 0.05) is 23.4 Å². The molecule has 10 heteroatoms. The third kappa shape index (κ3) is 4.78. The number of nitro benzene ring substituents is 1. The summed E-state index contributed by atoms with van der Waals surface area (Å²) in [5.41, 5.74) is 1.24. The quantitative estimate of drug-likeness (QED) is 0.452. The second-order valence-electron chi connectivity index (χ2n) is 6.35. The van der Waals surface area contributed by atoms with E-state index < -0.39 is 26.7 Å². The van der Waals surface area contributed by atoms with Crippen LogP contribution in [0.5, 0.6) is 0 Å². The summed E-state index contributed by atoms with van der Waals surface area (Å²) < 4.78 is 40.0. The van der Waals surface area contributed by atoms with E-state index >= 15 is 0 Å². The molecule has 3 aromatic rings. The van der Waals surface area contributed by atoms with Crippen LogP contribution in [-0.2, 0) is 10.0 Å². The van der Waals surface area contributed by atoms with Gasteiger partial charge in [0.25, 0.3) is 21.6 Å². The van der Waals surface area contributed by atoms with Crippen molar-refractivity contribution < 1.29 is 22.5 Å². The molecule has 30 heavy (non-hydrogen) atoms. The van der Waals surface area contributed by atoms with Crippen molar-refractivity contribution in [2.24, 2.45) is 0 Å². The summed E-state index contributed by atoms with van der Waals surface area (Å²) in [4.78, 5) is 22.7. The van der Waals surface area contributed by atoms with Crippen LogP contribution in [0.2, 0.25) is 0 Å². The summed E-state index contributed by atoms with van der Waals surface area (Å²) in [5, 5.41) is 13.5. The number of non-ortho nitro benzene ring substituents is 1. The Kier molecular flexibility index (Phi) is 5.79. The molecule has 1 amide bonds. The number of aryl methyl sites for hydroxylation is 1. The van der Waals surface area contributed by atoms with Gasteiger partial charge in [0.2, 0.25) is 0 Å². The normalized spacial score (nSPS) is 11.0. The first-order valence-electron chi connectivity index (χ1n) is 8.60. The van der Waals surface area contributed by atoms with Gasteiger partial charge < -0.3 is 5.32 Å². The van der Waals surface area contributed by atoms with E-state index in [1.165, 1.54) is 42.5 Å². The lowest BCUT2D eigenvalue weighted by Gasteiger charge is -2.10. The summed E-state index contributed by atoms with van der Waals surface area (Å²) in [5.74, 6) is -1.06. The number of nitrogens with zero attached hydrogens (tertiary/aromatic N) is 1. The predicted molar refractivity (Wildman–Crippen MR) is 109 cm³/mol. The highest BCUT2D eigenvalue weighted by Crippen LogP contribution is 2.23. The molecule has 0 aliphatic heterocycles. The van der Waals surface area contributed by atoms with Gasteiger partial charge in [0.05, 0.1) is 15.5 Å². The maximum Gasteiger partial charge on any atom is 0.271 e. The van der Waals surface area contributed by atoms with Crippen molar-refractivity contribution in [2.45, 2.75) is 11.8 Å². The van der Waals surface area contributed by atoms with Crippen molar-refractivity contribution >= 4 is 33.0 Å². The van der Waals surface area contributed by atoms with Gasteiger partial charge in [-0.15, -0.1) is 0 Å². The minimum atomic E-state index is -3.91. The lowest BCUT2D eigenvalue weighted by Crippen LogP contribution is -2.14. The number of carbonyl (C=O) groups is 1. The number of benzene rings is 3. The predicted octanol–water partition coefficient (Wildman–Crippen LogP) is 4.10. The molecule has 0 saturated heterocycles. The topological polar surface area (TPSA) is 118 Å². The zero-order chi connectivity index (χ0) is 21.9. The maximum atomic E-state index is 13.0. The van der Waals surface area contributed by atoms with Crippen LogP contribution in [0.15, 0.2) is 71.6 Å². The monoisotopic (exact) mass is 429 g/mol. The number of sulfonamides is 1. The van der Waals surface area contributed by atoms with Gasteiger partial charge in [0.15, 0.2) is 0 Å². The minimum Gasteiger partial charge on any atom is -0.321 e. The van der Waals surface area contributed by atoms with Crippen LogP contribution in [0.1, 0.15) is 15.9 Å². The van der Waals surface area contributed by atoms with Gasteiger partial charge in [0.1, 0.15) is 5.82 Å². The van der Waals surface area contributed by atoms with Gasteiger partial charge in [-0.2, -0.15) is 0 Å². The van der Waals surface area contributed by atoms with E-state index in [4.69, 9.17) is 0 Å². The number of rotatable bonds is 6. The maximum absolute atomic E-state index is 13.0. The molecule has 0 bridgehead atoms. The lowest BCUT2D eigenvalue weighted by atomic mass is 10.1. The van der Waals surface area contributed by atoms with Crippen LogP contribution in [0.3, 0.4) is 0 Å². The van der Waals surface area contributed by atoms with Gasteiger partial charge in [-0.25, -0.2) is 12.8 Å². The fourth-order valence-corrected chi connectivity index (χ4v) is 3.63.